The molecule has 1 amide bonds. The smallest absolute Gasteiger partial charge is 0.243 e. The first-order valence-electron chi connectivity index (χ1n) is 8.85. The molecule has 8 heteroatoms. The van der Waals surface area contributed by atoms with E-state index in [4.69, 9.17) is 9.47 Å². The van der Waals surface area contributed by atoms with Crippen molar-refractivity contribution in [1.82, 2.24) is 5.32 Å². The summed E-state index contributed by atoms with van der Waals surface area (Å²) < 4.78 is 36.2. The van der Waals surface area contributed by atoms with Gasteiger partial charge in [-0.1, -0.05) is 30.3 Å². The number of methoxy groups -OCH3 is 1. The van der Waals surface area contributed by atoms with Crippen molar-refractivity contribution in [3.8, 4) is 5.75 Å². The van der Waals surface area contributed by atoms with Gasteiger partial charge in [0.15, 0.2) is 0 Å². The Balaban J connectivity index is 1.91. The Labute approximate surface area is 166 Å². The molecule has 0 fully saturated rings. The number of sulfonamides is 1. The van der Waals surface area contributed by atoms with Crippen LogP contribution in [0.4, 0.5) is 5.69 Å². The van der Waals surface area contributed by atoms with Gasteiger partial charge in [0.05, 0.1) is 32.3 Å². The van der Waals surface area contributed by atoms with Crippen LogP contribution < -0.4 is 14.4 Å². The van der Waals surface area contributed by atoms with Crippen LogP contribution in [0.25, 0.3) is 0 Å². The number of nitrogens with zero attached hydrogens (tertiary/aromatic N) is 1. The van der Waals surface area contributed by atoms with Crippen molar-refractivity contribution in [3.05, 3.63) is 60.2 Å². The van der Waals surface area contributed by atoms with Gasteiger partial charge >= 0.3 is 0 Å². The first kappa shape index (κ1) is 21.7. The molecule has 0 aliphatic carbocycles. The summed E-state index contributed by atoms with van der Waals surface area (Å²) >= 11 is 0. The van der Waals surface area contributed by atoms with E-state index in [1.165, 1.54) is 7.11 Å². The van der Waals surface area contributed by atoms with Crippen LogP contribution in [0.2, 0.25) is 0 Å². The Kier molecular flexibility index (Phi) is 7.83. The molecular weight excluding hydrogens is 380 g/mol. The van der Waals surface area contributed by atoms with E-state index in [1.807, 2.05) is 30.3 Å². The van der Waals surface area contributed by atoms with Crippen molar-refractivity contribution in [2.24, 2.45) is 0 Å². The van der Waals surface area contributed by atoms with Crippen molar-refractivity contribution in [2.75, 3.05) is 30.8 Å². The first-order valence-corrected chi connectivity index (χ1v) is 10.7. The Morgan fingerprint density at radius 3 is 2.32 bits per heavy atom. The Morgan fingerprint density at radius 2 is 1.75 bits per heavy atom. The van der Waals surface area contributed by atoms with Gasteiger partial charge < -0.3 is 14.8 Å². The van der Waals surface area contributed by atoms with E-state index in [2.05, 4.69) is 5.32 Å². The summed E-state index contributed by atoms with van der Waals surface area (Å²) in [4.78, 5) is 12.5. The molecule has 2 aromatic carbocycles. The van der Waals surface area contributed by atoms with Crippen molar-refractivity contribution in [2.45, 2.75) is 19.6 Å². The zero-order valence-corrected chi connectivity index (χ0v) is 17.1. The number of hydrogen-bond donors (Lipinski definition) is 1. The predicted molar refractivity (Wildman–Crippen MR) is 109 cm³/mol. The molecule has 0 aliphatic heterocycles. The number of nitrogens with one attached hydrogen (secondary N) is 1. The maximum atomic E-state index is 12.5. The van der Waals surface area contributed by atoms with E-state index in [0.29, 0.717) is 24.7 Å². The lowest BCUT2D eigenvalue weighted by Crippen LogP contribution is -2.48. The molecule has 1 atom stereocenters. The van der Waals surface area contributed by atoms with Gasteiger partial charge in [-0.2, -0.15) is 0 Å². The Hall–Kier alpha value is -2.58. The van der Waals surface area contributed by atoms with E-state index >= 15 is 0 Å². The summed E-state index contributed by atoms with van der Waals surface area (Å²) in [6.45, 7) is 2.62. The molecule has 0 bridgehead atoms. The zero-order chi connectivity index (χ0) is 20.6. The predicted octanol–water partition coefficient (Wildman–Crippen LogP) is 2.18. The fourth-order valence-electron chi connectivity index (χ4n) is 2.70. The highest BCUT2D eigenvalue weighted by atomic mass is 32.2. The standard InChI is InChI=1S/C20H26N2O5S/c1-16(20(23)21-13-14-27-15-17-7-5-4-6-8-17)22(28(3,24)25)18-9-11-19(26-2)12-10-18/h4-12,16H,13-15H2,1-3H3,(H,21,23). The third-order valence-electron chi connectivity index (χ3n) is 4.07. The van der Waals surface area contributed by atoms with Crippen LogP contribution in [0, 0.1) is 0 Å². The summed E-state index contributed by atoms with van der Waals surface area (Å²) in [5.74, 6) is 0.203. The maximum Gasteiger partial charge on any atom is 0.243 e. The van der Waals surface area contributed by atoms with Crippen molar-refractivity contribution in [3.63, 3.8) is 0 Å². The average molecular weight is 407 g/mol. The third-order valence-corrected chi connectivity index (χ3v) is 5.31. The third kappa shape index (κ3) is 6.24. The van der Waals surface area contributed by atoms with Gasteiger partial charge in [-0.3, -0.25) is 9.10 Å². The molecule has 7 nitrogen and oxygen atoms in total. The number of carbonyl (C=O) groups excluding carboxylic acids is 1. The topological polar surface area (TPSA) is 84.9 Å². The number of anilines is 1. The number of amides is 1. The molecule has 2 rings (SSSR count). The van der Waals surface area contributed by atoms with E-state index in [1.54, 1.807) is 31.2 Å². The number of ether oxygens (including phenoxy) is 2. The highest BCUT2D eigenvalue weighted by Gasteiger charge is 2.28. The fourth-order valence-corrected chi connectivity index (χ4v) is 3.87. The molecule has 0 aromatic heterocycles. The van der Waals surface area contributed by atoms with Crippen LogP contribution >= 0.6 is 0 Å². The SMILES string of the molecule is COc1ccc(N(C(C)C(=O)NCCOCc2ccccc2)S(C)(=O)=O)cc1. The van der Waals surface area contributed by atoms with Gasteiger partial charge in [-0.15, -0.1) is 0 Å². The lowest BCUT2D eigenvalue weighted by atomic mass is 10.2. The largest absolute Gasteiger partial charge is 0.497 e. The lowest BCUT2D eigenvalue weighted by molar-refractivity contribution is -0.122. The Bertz CT molecular complexity index is 854. The summed E-state index contributed by atoms with van der Waals surface area (Å²) in [7, 11) is -2.13. The van der Waals surface area contributed by atoms with E-state index in [9.17, 15) is 13.2 Å². The maximum absolute atomic E-state index is 12.5. The van der Waals surface area contributed by atoms with E-state index in [-0.39, 0.29) is 6.54 Å². The van der Waals surface area contributed by atoms with Crippen LogP contribution in [0.1, 0.15) is 12.5 Å². The molecule has 0 radical (unpaired) electrons. The van der Waals surface area contributed by atoms with Crippen molar-refractivity contribution in [1.29, 1.82) is 0 Å². The van der Waals surface area contributed by atoms with Crippen LogP contribution in [0.15, 0.2) is 54.6 Å². The molecule has 0 heterocycles. The first-order chi connectivity index (χ1) is 13.3. The highest BCUT2D eigenvalue weighted by Crippen LogP contribution is 2.23. The van der Waals surface area contributed by atoms with Gasteiger partial charge in [0.1, 0.15) is 11.8 Å². The minimum atomic E-state index is -3.65. The van der Waals surface area contributed by atoms with Gasteiger partial charge in [0.2, 0.25) is 15.9 Å². The normalized spacial score (nSPS) is 12.2. The number of benzene rings is 2. The summed E-state index contributed by atoms with van der Waals surface area (Å²) in [6, 6.07) is 15.3. The summed E-state index contributed by atoms with van der Waals surface area (Å²) in [5.41, 5.74) is 1.44. The molecule has 152 valence electrons. The molecule has 2 aromatic rings. The van der Waals surface area contributed by atoms with Crippen LogP contribution in [0.3, 0.4) is 0 Å². The lowest BCUT2D eigenvalue weighted by Gasteiger charge is -2.28. The number of carbonyl (C=O) groups is 1. The second-order valence-electron chi connectivity index (χ2n) is 6.26. The average Bonchev–Trinajstić information content (AvgIpc) is 2.68. The van der Waals surface area contributed by atoms with Crippen LogP contribution in [-0.2, 0) is 26.2 Å². The molecular formula is C20H26N2O5S. The minimum absolute atomic E-state index is 0.288. The van der Waals surface area contributed by atoms with Gasteiger partial charge in [-0.05, 0) is 36.8 Å². The van der Waals surface area contributed by atoms with E-state index in [0.717, 1.165) is 16.1 Å². The fraction of sp³-hybridized carbons (Fsp3) is 0.350. The summed E-state index contributed by atoms with van der Waals surface area (Å²) in [5, 5.41) is 2.72. The second-order valence-corrected chi connectivity index (χ2v) is 8.12. The van der Waals surface area contributed by atoms with Crippen molar-refractivity contribution < 1.29 is 22.7 Å². The molecule has 0 saturated carbocycles. The van der Waals surface area contributed by atoms with Gasteiger partial charge in [0.25, 0.3) is 0 Å². The highest BCUT2D eigenvalue weighted by molar-refractivity contribution is 7.92. The molecule has 1 N–H and O–H groups in total. The quantitative estimate of drug-likeness (QED) is 0.612. The van der Waals surface area contributed by atoms with Gasteiger partial charge in [-0.25, -0.2) is 8.42 Å². The molecule has 0 aliphatic rings. The van der Waals surface area contributed by atoms with Crippen LogP contribution in [-0.4, -0.2) is 46.9 Å². The summed E-state index contributed by atoms with van der Waals surface area (Å²) in [6.07, 6.45) is 1.07. The number of hydrogen-bond acceptors (Lipinski definition) is 5. The zero-order valence-electron chi connectivity index (χ0n) is 16.3. The molecule has 28 heavy (non-hydrogen) atoms. The van der Waals surface area contributed by atoms with Gasteiger partial charge in [0, 0.05) is 6.54 Å². The van der Waals surface area contributed by atoms with Crippen molar-refractivity contribution >= 4 is 21.6 Å². The molecule has 0 saturated heterocycles. The minimum Gasteiger partial charge on any atom is -0.497 e. The number of rotatable bonds is 10. The second kappa shape index (κ2) is 10.1. The Morgan fingerprint density at radius 1 is 1.11 bits per heavy atom. The molecule has 0 spiro atoms. The molecule has 1 unspecified atom stereocenters. The van der Waals surface area contributed by atoms with E-state index < -0.39 is 22.0 Å². The monoisotopic (exact) mass is 406 g/mol. The van der Waals surface area contributed by atoms with Crippen LogP contribution in [0.5, 0.6) is 5.75 Å².